The van der Waals surface area contributed by atoms with Crippen LogP contribution in [0.2, 0.25) is 0 Å². The van der Waals surface area contributed by atoms with Crippen LogP contribution >= 0.6 is 0 Å². The summed E-state index contributed by atoms with van der Waals surface area (Å²) in [5.74, 6) is -2.58. The van der Waals surface area contributed by atoms with Crippen molar-refractivity contribution >= 4 is 10.1 Å². The minimum Gasteiger partial charge on any atom is -0.257 e. The van der Waals surface area contributed by atoms with E-state index >= 15 is 0 Å². The molecule has 0 amide bonds. The summed E-state index contributed by atoms with van der Waals surface area (Å²) in [5.41, 5.74) is 0. The van der Waals surface area contributed by atoms with Crippen molar-refractivity contribution in [3.8, 4) is 0 Å². The lowest BCUT2D eigenvalue weighted by molar-refractivity contribution is -0.152. The Morgan fingerprint density at radius 1 is 1.18 bits per heavy atom. The first-order valence-corrected chi connectivity index (χ1v) is 5.44. The van der Waals surface area contributed by atoms with Gasteiger partial charge in [-0.15, -0.1) is 0 Å². The zero-order valence-electron chi connectivity index (χ0n) is 7.96. The maximum atomic E-state index is 13.0. The van der Waals surface area contributed by atoms with Crippen LogP contribution in [0, 0.1) is 11.6 Å². The van der Waals surface area contributed by atoms with Crippen molar-refractivity contribution in [1.82, 2.24) is 0 Å². The highest BCUT2D eigenvalue weighted by atomic mass is 32.2. The third-order valence-corrected chi connectivity index (χ3v) is 2.84. The Morgan fingerprint density at radius 3 is 2.24 bits per heavy atom. The fraction of sp³-hybridized carbons (Fsp3) is 0.250. The molecule has 0 saturated carbocycles. The van der Waals surface area contributed by atoms with Crippen molar-refractivity contribution in [2.24, 2.45) is 0 Å². The second-order valence-corrected chi connectivity index (χ2v) is 4.49. The summed E-state index contributed by atoms with van der Waals surface area (Å²) in [4.78, 5) is -1.15. The molecule has 3 nitrogen and oxygen atoms in total. The summed E-state index contributed by atoms with van der Waals surface area (Å²) in [6.45, 7) is -2.08. The number of hydrogen-bond donors (Lipinski definition) is 0. The third kappa shape index (κ3) is 3.93. The number of benzene rings is 1. The van der Waals surface area contributed by atoms with Gasteiger partial charge in [-0.05, 0) is 12.1 Å². The number of hydrogen-bond acceptors (Lipinski definition) is 3. The van der Waals surface area contributed by atoms with Gasteiger partial charge in [0.05, 0.1) is 0 Å². The number of rotatable bonds is 3. The van der Waals surface area contributed by atoms with Gasteiger partial charge in [0.25, 0.3) is 10.1 Å². The Hall–Kier alpha value is -1.22. The fourth-order valence-electron chi connectivity index (χ4n) is 0.886. The third-order valence-electron chi connectivity index (χ3n) is 1.54. The zero-order chi connectivity index (χ0) is 13.3. The number of halogens is 5. The van der Waals surface area contributed by atoms with Gasteiger partial charge in [-0.2, -0.15) is 21.6 Å². The van der Waals surface area contributed by atoms with Crippen LogP contribution in [-0.2, 0) is 14.3 Å². The van der Waals surface area contributed by atoms with Crippen molar-refractivity contribution in [3.05, 3.63) is 29.8 Å². The molecule has 0 bridgehead atoms. The molecule has 0 aromatic heterocycles. The largest absolute Gasteiger partial charge is 0.413 e. The molecule has 0 fully saturated rings. The van der Waals surface area contributed by atoms with Crippen LogP contribution in [0.15, 0.2) is 23.1 Å². The Kier molecular flexibility index (Phi) is 3.72. The molecule has 17 heavy (non-hydrogen) atoms. The van der Waals surface area contributed by atoms with E-state index in [9.17, 15) is 30.4 Å². The van der Waals surface area contributed by atoms with E-state index in [1.807, 2.05) is 0 Å². The first kappa shape index (κ1) is 13.8. The Balaban J connectivity index is 2.98. The Bertz CT molecular complexity index is 508. The molecule has 0 heterocycles. The van der Waals surface area contributed by atoms with Crippen LogP contribution in [0.25, 0.3) is 0 Å². The van der Waals surface area contributed by atoms with Gasteiger partial charge in [0.1, 0.15) is 16.5 Å². The lowest BCUT2D eigenvalue weighted by atomic mass is 10.3. The minimum atomic E-state index is -4.90. The van der Waals surface area contributed by atoms with Gasteiger partial charge in [-0.25, -0.2) is 8.78 Å². The summed E-state index contributed by atoms with van der Waals surface area (Å²) in [5, 5.41) is 0. The van der Waals surface area contributed by atoms with E-state index in [1.165, 1.54) is 0 Å². The highest BCUT2D eigenvalue weighted by molar-refractivity contribution is 7.86. The van der Waals surface area contributed by atoms with E-state index in [0.717, 1.165) is 0 Å². The summed E-state index contributed by atoms with van der Waals surface area (Å²) in [6, 6.07) is 1.30. The lowest BCUT2D eigenvalue weighted by Crippen LogP contribution is -2.21. The molecule has 0 aliphatic heterocycles. The van der Waals surface area contributed by atoms with E-state index < -0.39 is 39.4 Å². The molecule has 9 heteroatoms. The van der Waals surface area contributed by atoms with Crippen molar-refractivity contribution in [3.63, 3.8) is 0 Å². The van der Waals surface area contributed by atoms with Gasteiger partial charge in [0, 0.05) is 6.07 Å². The average molecular weight is 276 g/mol. The molecular formula is C8H5F5O3S. The molecule has 0 aliphatic carbocycles. The van der Waals surface area contributed by atoms with Gasteiger partial charge in [-0.3, -0.25) is 4.18 Å². The molecule has 0 radical (unpaired) electrons. The van der Waals surface area contributed by atoms with Crippen LogP contribution in [0.1, 0.15) is 0 Å². The molecule has 0 N–H and O–H groups in total. The SMILES string of the molecule is O=S(=O)(OCC(F)(F)F)c1ccc(F)cc1F. The highest BCUT2D eigenvalue weighted by Gasteiger charge is 2.32. The standard InChI is InChI=1S/C8H5F5O3S/c9-5-1-2-7(6(10)3-5)17(14,15)16-4-8(11,12)13/h1-3H,4H2. The summed E-state index contributed by atoms with van der Waals surface area (Å²) in [6.07, 6.45) is -4.87. The summed E-state index contributed by atoms with van der Waals surface area (Å²) >= 11 is 0. The second kappa shape index (κ2) is 4.57. The highest BCUT2D eigenvalue weighted by Crippen LogP contribution is 2.21. The van der Waals surface area contributed by atoms with Crippen molar-refractivity contribution < 1.29 is 34.6 Å². The van der Waals surface area contributed by atoms with E-state index in [1.54, 1.807) is 0 Å². The Morgan fingerprint density at radius 2 is 1.76 bits per heavy atom. The molecule has 96 valence electrons. The minimum absolute atomic E-state index is 0.226. The molecule has 1 aromatic rings. The molecule has 0 unspecified atom stereocenters. The first-order chi connectivity index (χ1) is 7.62. The summed E-state index contributed by atoms with van der Waals surface area (Å²) < 4.78 is 86.4. The monoisotopic (exact) mass is 276 g/mol. The van der Waals surface area contributed by atoms with Gasteiger partial charge < -0.3 is 0 Å². The van der Waals surface area contributed by atoms with Crippen molar-refractivity contribution in [2.75, 3.05) is 6.61 Å². The lowest BCUT2D eigenvalue weighted by Gasteiger charge is -2.08. The van der Waals surface area contributed by atoms with Crippen LogP contribution in [0.4, 0.5) is 22.0 Å². The zero-order valence-corrected chi connectivity index (χ0v) is 8.78. The van der Waals surface area contributed by atoms with E-state index in [-0.39, 0.29) is 6.07 Å². The van der Waals surface area contributed by atoms with Gasteiger partial charge in [-0.1, -0.05) is 0 Å². The van der Waals surface area contributed by atoms with Crippen LogP contribution in [-0.4, -0.2) is 21.2 Å². The molecule has 0 aliphatic rings. The van der Waals surface area contributed by atoms with Gasteiger partial charge >= 0.3 is 6.18 Å². The van der Waals surface area contributed by atoms with Crippen LogP contribution < -0.4 is 0 Å². The van der Waals surface area contributed by atoms with Crippen LogP contribution in [0.5, 0.6) is 0 Å². The average Bonchev–Trinajstić information content (AvgIpc) is 2.13. The van der Waals surface area contributed by atoms with Crippen molar-refractivity contribution in [2.45, 2.75) is 11.1 Å². The quantitative estimate of drug-likeness (QED) is 0.628. The maximum absolute atomic E-state index is 13.0. The van der Waals surface area contributed by atoms with Gasteiger partial charge in [0.2, 0.25) is 0 Å². The Labute approximate surface area is 92.9 Å². The summed E-state index contributed by atoms with van der Waals surface area (Å²) in [7, 11) is -4.90. The topological polar surface area (TPSA) is 43.4 Å². The van der Waals surface area contributed by atoms with E-state index in [0.29, 0.717) is 12.1 Å². The van der Waals surface area contributed by atoms with Crippen LogP contribution in [0.3, 0.4) is 0 Å². The molecule has 1 aromatic carbocycles. The van der Waals surface area contributed by atoms with Gasteiger partial charge in [0.15, 0.2) is 6.61 Å². The predicted octanol–water partition coefficient (Wildman–Crippen LogP) is 2.23. The number of alkyl halides is 3. The predicted molar refractivity (Wildman–Crippen MR) is 45.6 cm³/mol. The first-order valence-electron chi connectivity index (χ1n) is 4.03. The maximum Gasteiger partial charge on any atom is 0.413 e. The molecule has 0 atom stereocenters. The second-order valence-electron chi connectivity index (χ2n) is 2.91. The smallest absolute Gasteiger partial charge is 0.257 e. The van der Waals surface area contributed by atoms with Crippen molar-refractivity contribution in [1.29, 1.82) is 0 Å². The molecule has 0 spiro atoms. The molecular weight excluding hydrogens is 271 g/mol. The normalized spacial score (nSPS) is 12.8. The molecule has 0 saturated heterocycles. The van der Waals surface area contributed by atoms with E-state index in [4.69, 9.17) is 0 Å². The molecule has 1 rings (SSSR count). The van der Waals surface area contributed by atoms with E-state index in [2.05, 4.69) is 4.18 Å². The fourth-order valence-corrected chi connectivity index (χ4v) is 1.83.